The van der Waals surface area contributed by atoms with Gasteiger partial charge in [0.1, 0.15) is 12.7 Å². The molecule has 0 aliphatic carbocycles. The van der Waals surface area contributed by atoms with Crippen LogP contribution < -0.4 is 20.1 Å². The molecule has 1 aliphatic rings. The first-order chi connectivity index (χ1) is 13.8. The molecule has 0 spiro atoms. The Morgan fingerprint density at radius 2 is 1.79 bits per heavy atom. The number of guanidine groups is 1. The minimum absolute atomic E-state index is 0.0587. The molecule has 1 heterocycles. The van der Waals surface area contributed by atoms with Gasteiger partial charge in [-0.3, -0.25) is 0 Å². The molecule has 0 radical (unpaired) electrons. The van der Waals surface area contributed by atoms with E-state index in [1.165, 1.54) is 5.56 Å². The molecular weight excluding hydrogens is 354 g/mol. The van der Waals surface area contributed by atoms with Gasteiger partial charge in [-0.1, -0.05) is 36.4 Å². The van der Waals surface area contributed by atoms with Crippen LogP contribution in [0, 0.1) is 0 Å². The Morgan fingerprint density at radius 3 is 2.54 bits per heavy atom. The zero-order valence-electron chi connectivity index (χ0n) is 16.6. The number of aliphatic imine (C=N–C) groups is 1. The molecule has 0 bridgehead atoms. The zero-order valence-corrected chi connectivity index (χ0v) is 16.6. The Kier molecular flexibility index (Phi) is 7.55. The van der Waals surface area contributed by atoms with Crippen LogP contribution in [0.25, 0.3) is 0 Å². The maximum Gasteiger partial charge on any atom is 0.191 e. The predicted octanol–water partition coefficient (Wildman–Crippen LogP) is 3.12. The van der Waals surface area contributed by atoms with Gasteiger partial charge in [0.2, 0.25) is 0 Å². The molecule has 2 N–H and O–H groups in total. The Labute approximate surface area is 166 Å². The summed E-state index contributed by atoms with van der Waals surface area (Å²) in [6.45, 7) is 7.97. The predicted molar refractivity (Wildman–Crippen MR) is 111 cm³/mol. The van der Waals surface area contributed by atoms with E-state index in [-0.39, 0.29) is 6.10 Å². The average Bonchev–Trinajstić information content (AvgIpc) is 2.75. The summed E-state index contributed by atoms with van der Waals surface area (Å²) >= 11 is 0. The summed E-state index contributed by atoms with van der Waals surface area (Å²) < 4.78 is 17.2. The van der Waals surface area contributed by atoms with Crippen LogP contribution in [-0.2, 0) is 17.9 Å². The van der Waals surface area contributed by atoms with Gasteiger partial charge in [-0.25, -0.2) is 4.99 Å². The molecule has 2 aromatic rings. The SMILES string of the molecule is CCNC(=NCc1ccc(COCC)cc1)NCC1COc2ccccc2O1. The monoisotopic (exact) mass is 383 g/mol. The minimum Gasteiger partial charge on any atom is -0.486 e. The van der Waals surface area contributed by atoms with Crippen LogP contribution in [0.2, 0.25) is 0 Å². The number of nitrogens with one attached hydrogen (secondary N) is 2. The topological polar surface area (TPSA) is 64.1 Å². The maximum absolute atomic E-state index is 5.99. The van der Waals surface area contributed by atoms with E-state index in [2.05, 4.69) is 46.8 Å². The standard InChI is InChI=1S/C22H29N3O3/c1-3-23-22(24-13-17-9-11-18(12-10-17)15-26-4-2)25-14-19-16-27-20-7-5-6-8-21(20)28-19/h5-12,19H,3-4,13-16H2,1-2H3,(H2,23,24,25). The van der Waals surface area contributed by atoms with Crippen LogP contribution in [0.4, 0.5) is 0 Å². The molecule has 1 aliphatic heterocycles. The fourth-order valence-electron chi connectivity index (χ4n) is 2.85. The van der Waals surface area contributed by atoms with Crippen molar-refractivity contribution in [3.05, 3.63) is 59.7 Å². The Hall–Kier alpha value is -2.73. The van der Waals surface area contributed by atoms with Crippen molar-refractivity contribution < 1.29 is 14.2 Å². The fourth-order valence-corrected chi connectivity index (χ4v) is 2.85. The first-order valence-electron chi connectivity index (χ1n) is 9.84. The molecule has 0 saturated heterocycles. The Bertz CT molecular complexity index is 762. The summed E-state index contributed by atoms with van der Waals surface area (Å²) in [5, 5.41) is 6.62. The number of benzene rings is 2. The summed E-state index contributed by atoms with van der Waals surface area (Å²) in [7, 11) is 0. The number of para-hydroxylation sites is 2. The smallest absolute Gasteiger partial charge is 0.191 e. The molecule has 0 fully saturated rings. The molecule has 0 aromatic heterocycles. The summed E-state index contributed by atoms with van der Waals surface area (Å²) in [6.07, 6.45) is -0.0587. The highest BCUT2D eigenvalue weighted by Gasteiger charge is 2.20. The summed E-state index contributed by atoms with van der Waals surface area (Å²) in [6, 6.07) is 16.1. The first kappa shape index (κ1) is 20.0. The van der Waals surface area contributed by atoms with E-state index in [1.54, 1.807) is 0 Å². The summed E-state index contributed by atoms with van der Waals surface area (Å²) in [5.41, 5.74) is 2.33. The number of rotatable bonds is 8. The molecule has 2 aromatic carbocycles. The third-order valence-corrected chi connectivity index (χ3v) is 4.32. The van der Waals surface area contributed by atoms with Crippen molar-refractivity contribution >= 4 is 5.96 Å². The second kappa shape index (κ2) is 10.6. The van der Waals surface area contributed by atoms with Crippen molar-refractivity contribution in [2.75, 3.05) is 26.3 Å². The van der Waals surface area contributed by atoms with Crippen LogP contribution >= 0.6 is 0 Å². The minimum atomic E-state index is -0.0587. The van der Waals surface area contributed by atoms with Gasteiger partial charge in [0.15, 0.2) is 17.5 Å². The van der Waals surface area contributed by atoms with E-state index < -0.39 is 0 Å². The van der Waals surface area contributed by atoms with Gasteiger partial charge in [0.25, 0.3) is 0 Å². The molecule has 28 heavy (non-hydrogen) atoms. The van der Waals surface area contributed by atoms with E-state index in [9.17, 15) is 0 Å². The van der Waals surface area contributed by atoms with E-state index >= 15 is 0 Å². The van der Waals surface area contributed by atoms with Crippen molar-refractivity contribution in [3.63, 3.8) is 0 Å². The lowest BCUT2D eigenvalue weighted by molar-refractivity contribution is 0.0936. The van der Waals surface area contributed by atoms with Crippen molar-refractivity contribution in [3.8, 4) is 11.5 Å². The summed E-state index contributed by atoms with van der Waals surface area (Å²) in [4.78, 5) is 4.67. The second-order valence-corrected chi connectivity index (χ2v) is 6.53. The van der Waals surface area contributed by atoms with E-state index in [1.807, 2.05) is 31.2 Å². The van der Waals surface area contributed by atoms with Crippen LogP contribution in [0.5, 0.6) is 11.5 Å². The van der Waals surface area contributed by atoms with Crippen molar-refractivity contribution in [1.82, 2.24) is 10.6 Å². The van der Waals surface area contributed by atoms with Crippen molar-refractivity contribution in [1.29, 1.82) is 0 Å². The number of ether oxygens (including phenoxy) is 3. The van der Waals surface area contributed by atoms with Gasteiger partial charge >= 0.3 is 0 Å². The largest absolute Gasteiger partial charge is 0.486 e. The quantitative estimate of drug-likeness (QED) is 0.542. The zero-order chi connectivity index (χ0) is 19.6. The molecule has 1 atom stereocenters. The lowest BCUT2D eigenvalue weighted by atomic mass is 10.1. The Balaban J connectivity index is 1.51. The highest BCUT2D eigenvalue weighted by molar-refractivity contribution is 5.79. The molecular formula is C22H29N3O3. The van der Waals surface area contributed by atoms with Gasteiger partial charge in [0, 0.05) is 13.2 Å². The highest BCUT2D eigenvalue weighted by Crippen LogP contribution is 2.30. The van der Waals surface area contributed by atoms with E-state index in [0.717, 1.165) is 36.2 Å². The van der Waals surface area contributed by atoms with Gasteiger partial charge in [-0.2, -0.15) is 0 Å². The van der Waals surface area contributed by atoms with Crippen LogP contribution in [-0.4, -0.2) is 38.4 Å². The van der Waals surface area contributed by atoms with Gasteiger partial charge in [0.05, 0.1) is 19.7 Å². The Morgan fingerprint density at radius 1 is 1.04 bits per heavy atom. The lowest BCUT2D eigenvalue weighted by Crippen LogP contribution is -2.45. The third kappa shape index (κ3) is 5.89. The van der Waals surface area contributed by atoms with Crippen LogP contribution in [0.1, 0.15) is 25.0 Å². The highest BCUT2D eigenvalue weighted by atomic mass is 16.6. The number of nitrogens with zero attached hydrogens (tertiary/aromatic N) is 1. The molecule has 6 heteroatoms. The van der Waals surface area contributed by atoms with Crippen molar-refractivity contribution in [2.24, 2.45) is 4.99 Å². The number of hydrogen-bond acceptors (Lipinski definition) is 4. The molecule has 150 valence electrons. The molecule has 0 saturated carbocycles. The van der Waals surface area contributed by atoms with Gasteiger partial charge in [-0.05, 0) is 37.1 Å². The second-order valence-electron chi connectivity index (χ2n) is 6.53. The first-order valence-corrected chi connectivity index (χ1v) is 9.84. The average molecular weight is 383 g/mol. The summed E-state index contributed by atoms with van der Waals surface area (Å²) in [5.74, 6) is 2.35. The molecule has 0 amide bonds. The molecule has 6 nitrogen and oxygen atoms in total. The fraction of sp³-hybridized carbons (Fsp3) is 0.409. The van der Waals surface area contributed by atoms with Gasteiger partial charge < -0.3 is 24.8 Å². The van der Waals surface area contributed by atoms with Crippen LogP contribution in [0.15, 0.2) is 53.5 Å². The number of hydrogen-bond donors (Lipinski definition) is 2. The third-order valence-electron chi connectivity index (χ3n) is 4.32. The number of fused-ring (bicyclic) bond motifs is 1. The van der Waals surface area contributed by atoms with E-state index in [0.29, 0.717) is 26.3 Å². The molecule has 1 unspecified atom stereocenters. The lowest BCUT2D eigenvalue weighted by Gasteiger charge is -2.27. The maximum atomic E-state index is 5.99. The van der Waals surface area contributed by atoms with E-state index in [4.69, 9.17) is 14.2 Å². The normalized spacial score (nSPS) is 15.9. The van der Waals surface area contributed by atoms with Gasteiger partial charge in [-0.15, -0.1) is 0 Å². The van der Waals surface area contributed by atoms with Crippen LogP contribution in [0.3, 0.4) is 0 Å². The molecule has 3 rings (SSSR count). The van der Waals surface area contributed by atoms with Crippen molar-refractivity contribution in [2.45, 2.75) is 33.1 Å².